The van der Waals surface area contributed by atoms with Crippen LogP contribution in [0.5, 0.6) is 0 Å². The molecule has 0 spiro atoms. The van der Waals surface area contributed by atoms with Crippen LogP contribution in [0, 0.1) is 0 Å². The number of aliphatic hydroxyl groups excluding tert-OH is 2. The van der Waals surface area contributed by atoms with Gasteiger partial charge in [0.1, 0.15) is 24.4 Å². The fourth-order valence-corrected chi connectivity index (χ4v) is 2.72. The van der Waals surface area contributed by atoms with E-state index >= 15 is 0 Å². The van der Waals surface area contributed by atoms with Crippen LogP contribution in [0.3, 0.4) is 0 Å². The summed E-state index contributed by atoms with van der Waals surface area (Å²) in [6.07, 6.45) is -4.26. The Kier molecular flexibility index (Phi) is 4.49. The van der Waals surface area contributed by atoms with E-state index in [0.717, 1.165) is 5.56 Å². The normalized spacial score (nSPS) is 37.5. The molecule has 1 unspecified atom stereocenters. The largest absolute Gasteiger partial charge is 0.387 e. The molecule has 0 radical (unpaired) electrons. The molecular weight excluding hydrogens is 288 g/mol. The minimum atomic E-state index is -1.17. The Morgan fingerprint density at radius 3 is 2.64 bits per heavy atom. The van der Waals surface area contributed by atoms with E-state index in [0.29, 0.717) is 6.61 Å². The van der Waals surface area contributed by atoms with E-state index in [1.54, 1.807) is 13.8 Å². The Bertz CT molecular complexity index is 489. The summed E-state index contributed by atoms with van der Waals surface area (Å²) in [5, 5.41) is 20.5. The van der Waals surface area contributed by atoms with Crippen molar-refractivity contribution in [1.82, 2.24) is 0 Å². The van der Waals surface area contributed by atoms with Crippen molar-refractivity contribution in [2.24, 2.45) is 0 Å². The van der Waals surface area contributed by atoms with Gasteiger partial charge in [0.2, 0.25) is 0 Å². The third-order valence-electron chi connectivity index (χ3n) is 3.91. The molecule has 6 heteroatoms. The Balaban J connectivity index is 1.63. The fourth-order valence-electron chi connectivity index (χ4n) is 2.72. The molecule has 0 amide bonds. The second kappa shape index (κ2) is 6.23. The number of rotatable bonds is 3. The highest BCUT2D eigenvalue weighted by molar-refractivity contribution is 5.13. The van der Waals surface area contributed by atoms with Gasteiger partial charge in [-0.05, 0) is 19.4 Å². The molecule has 0 aromatic heterocycles. The van der Waals surface area contributed by atoms with Crippen LogP contribution >= 0.6 is 0 Å². The van der Waals surface area contributed by atoms with E-state index in [2.05, 4.69) is 0 Å². The van der Waals surface area contributed by atoms with Crippen molar-refractivity contribution < 1.29 is 29.2 Å². The lowest BCUT2D eigenvalue weighted by Crippen LogP contribution is -2.64. The van der Waals surface area contributed by atoms with E-state index in [-0.39, 0.29) is 6.61 Å². The van der Waals surface area contributed by atoms with Gasteiger partial charge in [-0.2, -0.15) is 0 Å². The topological polar surface area (TPSA) is 77.4 Å². The van der Waals surface area contributed by atoms with Gasteiger partial charge in [-0.1, -0.05) is 30.3 Å². The Morgan fingerprint density at radius 2 is 1.91 bits per heavy atom. The molecule has 0 aliphatic carbocycles. The summed E-state index contributed by atoms with van der Waals surface area (Å²) in [6, 6.07) is 9.58. The molecular formula is C16H22O6. The van der Waals surface area contributed by atoms with Crippen LogP contribution in [0.2, 0.25) is 0 Å². The molecule has 2 N–H and O–H groups in total. The molecule has 5 atom stereocenters. The summed E-state index contributed by atoms with van der Waals surface area (Å²) >= 11 is 0. The van der Waals surface area contributed by atoms with Crippen LogP contribution in [0.4, 0.5) is 0 Å². The maximum absolute atomic E-state index is 10.3. The van der Waals surface area contributed by atoms with Gasteiger partial charge in [-0.3, -0.25) is 0 Å². The minimum Gasteiger partial charge on any atom is -0.387 e. The molecule has 2 fully saturated rings. The van der Waals surface area contributed by atoms with Gasteiger partial charge >= 0.3 is 0 Å². The highest BCUT2D eigenvalue weighted by Gasteiger charge is 2.50. The van der Waals surface area contributed by atoms with E-state index < -0.39 is 36.5 Å². The molecule has 3 rings (SSSR count). The molecule has 1 aromatic carbocycles. The van der Waals surface area contributed by atoms with Crippen LogP contribution in [0.15, 0.2) is 30.3 Å². The first-order valence-corrected chi connectivity index (χ1v) is 7.45. The third kappa shape index (κ3) is 3.32. The average Bonchev–Trinajstić information content (AvgIpc) is 2.51. The van der Waals surface area contributed by atoms with Gasteiger partial charge in [-0.25, -0.2) is 0 Å². The molecule has 1 aromatic rings. The van der Waals surface area contributed by atoms with Crippen LogP contribution in [-0.4, -0.2) is 53.3 Å². The maximum atomic E-state index is 10.3. The van der Waals surface area contributed by atoms with Gasteiger partial charge in [0.25, 0.3) is 0 Å². The van der Waals surface area contributed by atoms with Crippen LogP contribution < -0.4 is 0 Å². The average molecular weight is 310 g/mol. The molecule has 22 heavy (non-hydrogen) atoms. The number of hydrogen-bond donors (Lipinski definition) is 2. The SMILES string of the molecule is CC1(C)OC[C@H]2OC(OCc3ccccc3)[C@H](O)[C@@H](O)[C@@H]2O1. The van der Waals surface area contributed by atoms with Gasteiger partial charge in [0, 0.05) is 0 Å². The molecule has 6 nitrogen and oxygen atoms in total. The van der Waals surface area contributed by atoms with Crippen molar-refractivity contribution in [2.45, 2.75) is 56.9 Å². The van der Waals surface area contributed by atoms with Gasteiger partial charge < -0.3 is 29.2 Å². The smallest absolute Gasteiger partial charge is 0.187 e. The van der Waals surface area contributed by atoms with Gasteiger partial charge in [0.05, 0.1) is 13.2 Å². The van der Waals surface area contributed by atoms with Gasteiger partial charge in [0.15, 0.2) is 12.1 Å². The molecule has 122 valence electrons. The predicted molar refractivity (Wildman–Crippen MR) is 76.8 cm³/mol. The standard InChI is InChI=1S/C16H22O6/c1-16(2)20-9-11-14(22-16)12(17)13(18)15(21-11)19-8-10-6-4-3-5-7-10/h3-7,11-15,17-18H,8-9H2,1-2H3/t11-,12-,13-,14-,15?/m1/s1. The van der Waals surface area contributed by atoms with Crippen molar-refractivity contribution in [2.75, 3.05) is 6.61 Å². The summed E-state index contributed by atoms with van der Waals surface area (Å²) in [6.45, 7) is 4.10. The highest BCUT2D eigenvalue weighted by Crippen LogP contribution is 2.32. The van der Waals surface area contributed by atoms with Crippen molar-refractivity contribution in [3.63, 3.8) is 0 Å². The predicted octanol–water partition coefficient (Wildman–Crippen LogP) is 0.801. The van der Waals surface area contributed by atoms with Crippen molar-refractivity contribution in [3.05, 3.63) is 35.9 Å². The zero-order valence-electron chi connectivity index (χ0n) is 12.7. The lowest BCUT2D eigenvalue weighted by atomic mass is 9.97. The van der Waals surface area contributed by atoms with E-state index in [1.807, 2.05) is 30.3 Å². The lowest BCUT2D eigenvalue weighted by Gasteiger charge is -2.48. The Labute approximate surface area is 129 Å². The maximum Gasteiger partial charge on any atom is 0.187 e. The summed E-state index contributed by atoms with van der Waals surface area (Å²) in [5.74, 6) is -0.803. The van der Waals surface area contributed by atoms with Gasteiger partial charge in [-0.15, -0.1) is 0 Å². The number of fused-ring (bicyclic) bond motifs is 1. The summed E-state index contributed by atoms with van der Waals surface area (Å²) in [4.78, 5) is 0. The Morgan fingerprint density at radius 1 is 1.18 bits per heavy atom. The molecule has 2 aliphatic rings. The minimum absolute atomic E-state index is 0.284. The summed E-state index contributed by atoms with van der Waals surface area (Å²) in [7, 11) is 0. The van der Waals surface area contributed by atoms with Crippen molar-refractivity contribution in [3.8, 4) is 0 Å². The quantitative estimate of drug-likeness (QED) is 0.860. The fraction of sp³-hybridized carbons (Fsp3) is 0.625. The second-order valence-electron chi connectivity index (χ2n) is 6.11. The van der Waals surface area contributed by atoms with Crippen molar-refractivity contribution >= 4 is 0 Å². The number of benzene rings is 1. The summed E-state index contributed by atoms with van der Waals surface area (Å²) in [5.41, 5.74) is 0.965. The van der Waals surface area contributed by atoms with Crippen LogP contribution in [-0.2, 0) is 25.6 Å². The first kappa shape index (κ1) is 15.9. The first-order valence-electron chi connectivity index (χ1n) is 7.45. The second-order valence-corrected chi connectivity index (χ2v) is 6.11. The monoisotopic (exact) mass is 310 g/mol. The summed E-state index contributed by atoms with van der Waals surface area (Å²) < 4.78 is 22.5. The Hall–Kier alpha value is -1.02. The van der Waals surface area contributed by atoms with Crippen LogP contribution in [0.1, 0.15) is 19.4 Å². The zero-order valence-corrected chi connectivity index (χ0v) is 12.7. The number of hydrogen-bond acceptors (Lipinski definition) is 6. The molecule has 2 heterocycles. The first-order chi connectivity index (χ1) is 10.5. The molecule has 0 bridgehead atoms. The van der Waals surface area contributed by atoms with E-state index in [4.69, 9.17) is 18.9 Å². The lowest BCUT2D eigenvalue weighted by molar-refractivity contribution is -0.383. The van der Waals surface area contributed by atoms with E-state index in [1.165, 1.54) is 0 Å². The highest BCUT2D eigenvalue weighted by atomic mass is 16.8. The third-order valence-corrected chi connectivity index (χ3v) is 3.91. The number of aliphatic hydroxyl groups is 2. The molecule has 2 saturated heterocycles. The molecule has 0 saturated carbocycles. The van der Waals surface area contributed by atoms with E-state index in [9.17, 15) is 10.2 Å². The van der Waals surface area contributed by atoms with Crippen molar-refractivity contribution in [1.29, 1.82) is 0 Å². The molecule has 2 aliphatic heterocycles. The van der Waals surface area contributed by atoms with Crippen LogP contribution in [0.25, 0.3) is 0 Å². The number of ether oxygens (including phenoxy) is 4. The zero-order chi connectivity index (χ0) is 15.7.